The second kappa shape index (κ2) is 8.84. The van der Waals surface area contributed by atoms with E-state index in [-0.39, 0.29) is 24.3 Å². The topological polar surface area (TPSA) is 55.2 Å². The van der Waals surface area contributed by atoms with Gasteiger partial charge in [-0.2, -0.15) is 0 Å². The van der Waals surface area contributed by atoms with Crippen molar-refractivity contribution in [3.8, 4) is 0 Å². The Morgan fingerprint density at radius 1 is 1.67 bits per heavy atom. The van der Waals surface area contributed by atoms with E-state index in [4.69, 9.17) is 5.11 Å². The van der Waals surface area contributed by atoms with Crippen molar-refractivity contribution < 1.29 is 5.11 Å². The molecule has 0 aromatic heterocycles. The molecule has 0 aliphatic carbocycles. The molecule has 0 aromatic rings. The summed E-state index contributed by atoms with van der Waals surface area (Å²) in [7, 11) is 0. The van der Waals surface area contributed by atoms with E-state index in [0.717, 1.165) is 0 Å². The zero-order chi connectivity index (χ0) is 3.58. The molecule has 0 atom stereocenters. The van der Waals surface area contributed by atoms with Gasteiger partial charge in [-0.05, 0) is 6.92 Å². The lowest BCUT2D eigenvalue weighted by Gasteiger charge is -1.68. The highest BCUT2D eigenvalue weighted by molar-refractivity contribution is 5.85. The van der Waals surface area contributed by atoms with Gasteiger partial charge in [-0.25, -0.2) is 0 Å². The molecule has 40 valence electrons. The van der Waals surface area contributed by atoms with Crippen molar-refractivity contribution >= 4 is 12.4 Å². The van der Waals surface area contributed by atoms with Gasteiger partial charge < -0.3 is 11.3 Å². The molecule has 0 rings (SSSR count). The van der Waals surface area contributed by atoms with Gasteiger partial charge in [-0.15, -0.1) is 12.4 Å². The minimum Gasteiger partial charge on any atom is -0.513 e. The SMILES string of the molecule is C=C(C)O.Cl.N. The van der Waals surface area contributed by atoms with Gasteiger partial charge in [0.05, 0.1) is 5.76 Å². The van der Waals surface area contributed by atoms with E-state index >= 15 is 0 Å². The van der Waals surface area contributed by atoms with E-state index in [0.29, 0.717) is 0 Å². The second-order valence-corrected chi connectivity index (χ2v) is 0.735. The molecule has 0 saturated heterocycles. The fraction of sp³-hybridized carbons (Fsp3) is 0.333. The summed E-state index contributed by atoms with van der Waals surface area (Å²) >= 11 is 0. The van der Waals surface area contributed by atoms with E-state index in [1.54, 1.807) is 0 Å². The normalized spacial score (nSPS) is 4.17. The van der Waals surface area contributed by atoms with Crippen LogP contribution in [0.5, 0.6) is 0 Å². The van der Waals surface area contributed by atoms with Crippen LogP contribution in [0.15, 0.2) is 12.3 Å². The minimum absolute atomic E-state index is 0. The highest BCUT2D eigenvalue weighted by atomic mass is 35.5. The van der Waals surface area contributed by atoms with E-state index < -0.39 is 0 Å². The summed E-state index contributed by atoms with van der Waals surface area (Å²) in [5.74, 6) is 0.167. The number of rotatable bonds is 0. The Balaban J connectivity index is -0.0000000450. The van der Waals surface area contributed by atoms with Crippen LogP contribution in [0.3, 0.4) is 0 Å². The monoisotopic (exact) mass is 111 g/mol. The molecule has 4 N–H and O–H groups in total. The molecule has 0 fully saturated rings. The fourth-order valence-electron chi connectivity index (χ4n) is 0. The van der Waals surface area contributed by atoms with Crippen LogP contribution in [-0.2, 0) is 0 Å². The minimum atomic E-state index is 0. The van der Waals surface area contributed by atoms with Gasteiger partial charge in [0.25, 0.3) is 0 Å². The maximum Gasteiger partial charge on any atom is 0.0820 e. The molecule has 2 nitrogen and oxygen atoms in total. The lowest BCUT2D eigenvalue weighted by atomic mass is 10.7. The molecule has 3 heteroatoms. The summed E-state index contributed by atoms with van der Waals surface area (Å²) in [5, 5.41) is 7.86. The third kappa shape index (κ3) is 669. The second-order valence-electron chi connectivity index (χ2n) is 0.735. The summed E-state index contributed by atoms with van der Waals surface area (Å²) < 4.78 is 0. The van der Waals surface area contributed by atoms with E-state index in [9.17, 15) is 0 Å². The predicted molar refractivity (Wildman–Crippen MR) is 29.7 cm³/mol. The molecule has 0 heterocycles. The van der Waals surface area contributed by atoms with Crippen LogP contribution in [-0.4, -0.2) is 5.11 Å². The first kappa shape index (κ1) is 17.1. The molecule has 0 aliphatic rings. The van der Waals surface area contributed by atoms with Gasteiger partial charge in [0, 0.05) is 0 Å². The molecule has 0 spiro atoms. The van der Waals surface area contributed by atoms with Crippen molar-refractivity contribution in [3.63, 3.8) is 0 Å². The van der Waals surface area contributed by atoms with E-state index in [2.05, 4.69) is 6.58 Å². The Bertz CT molecular complexity index is 33.8. The Kier molecular flexibility index (Phi) is 25.1. The van der Waals surface area contributed by atoms with E-state index in [1.807, 2.05) is 0 Å². The number of hydrogen-bond acceptors (Lipinski definition) is 2. The standard InChI is InChI=1S/C3H6O.ClH.H3N/c1-3(2)4;;/h4H,1H2,2H3;1H;1H3. The van der Waals surface area contributed by atoms with E-state index in [1.165, 1.54) is 6.92 Å². The van der Waals surface area contributed by atoms with Gasteiger partial charge in [0.15, 0.2) is 0 Å². The van der Waals surface area contributed by atoms with Crippen LogP contribution in [0.25, 0.3) is 0 Å². The summed E-state index contributed by atoms with van der Waals surface area (Å²) in [6, 6.07) is 0. The van der Waals surface area contributed by atoms with Crippen LogP contribution in [0.1, 0.15) is 6.92 Å². The molecule has 0 aromatic carbocycles. The van der Waals surface area contributed by atoms with Crippen molar-refractivity contribution in [1.82, 2.24) is 6.15 Å². The van der Waals surface area contributed by atoms with Gasteiger partial charge in [0.2, 0.25) is 0 Å². The Morgan fingerprint density at radius 3 is 1.67 bits per heavy atom. The maximum atomic E-state index is 7.86. The average molecular weight is 112 g/mol. The van der Waals surface area contributed by atoms with Gasteiger partial charge in [-0.1, -0.05) is 6.58 Å². The van der Waals surface area contributed by atoms with Gasteiger partial charge >= 0.3 is 0 Å². The molecule has 0 amide bonds. The molecule has 0 unspecified atom stereocenters. The predicted octanol–water partition coefficient (Wildman–Crippen LogP) is 1.66. The highest BCUT2D eigenvalue weighted by Crippen LogP contribution is 1.66. The van der Waals surface area contributed by atoms with Crippen molar-refractivity contribution in [3.05, 3.63) is 12.3 Å². The summed E-state index contributed by atoms with van der Waals surface area (Å²) in [6.07, 6.45) is 0. The summed E-state index contributed by atoms with van der Waals surface area (Å²) in [4.78, 5) is 0. The lowest BCUT2D eigenvalue weighted by Crippen LogP contribution is -1.54. The van der Waals surface area contributed by atoms with Crippen molar-refractivity contribution in [2.45, 2.75) is 6.92 Å². The fourth-order valence-corrected chi connectivity index (χ4v) is 0. The van der Waals surface area contributed by atoms with Gasteiger partial charge in [0.1, 0.15) is 0 Å². The number of allylic oxidation sites excluding steroid dienone is 1. The van der Waals surface area contributed by atoms with Crippen LogP contribution in [0.2, 0.25) is 0 Å². The molecular weight excluding hydrogens is 101 g/mol. The van der Waals surface area contributed by atoms with Crippen LogP contribution >= 0.6 is 12.4 Å². The third-order valence-corrected chi connectivity index (χ3v) is 0. The Labute approximate surface area is 43.9 Å². The number of aliphatic hydroxyl groups excluding tert-OH is 1. The van der Waals surface area contributed by atoms with Crippen LogP contribution < -0.4 is 6.15 Å². The first-order valence-electron chi connectivity index (χ1n) is 1.08. The summed E-state index contributed by atoms with van der Waals surface area (Å²) in [6.45, 7) is 4.64. The number of aliphatic hydroxyl groups is 1. The number of halogens is 1. The summed E-state index contributed by atoms with van der Waals surface area (Å²) in [5.41, 5.74) is 0. The zero-order valence-electron chi connectivity index (χ0n) is 3.77. The lowest BCUT2D eigenvalue weighted by molar-refractivity contribution is 0.417. The molecular formula is C3H10ClNO. The Morgan fingerprint density at radius 2 is 1.67 bits per heavy atom. The van der Waals surface area contributed by atoms with Crippen molar-refractivity contribution in [2.24, 2.45) is 0 Å². The van der Waals surface area contributed by atoms with Gasteiger partial charge in [-0.3, -0.25) is 0 Å². The zero-order valence-corrected chi connectivity index (χ0v) is 4.59. The molecule has 0 bridgehead atoms. The maximum absolute atomic E-state index is 7.86. The smallest absolute Gasteiger partial charge is 0.0820 e. The molecule has 6 heavy (non-hydrogen) atoms. The molecule has 0 radical (unpaired) electrons. The highest BCUT2D eigenvalue weighted by Gasteiger charge is 1.53. The first-order chi connectivity index (χ1) is 1.73. The average Bonchev–Trinajstić information content (AvgIpc) is 0.811. The number of hydrogen-bond donors (Lipinski definition) is 2. The first-order valence-corrected chi connectivity index (χ1v) is 1.08. The third-order valence-electron chi connectivity index (χ3n) is 0. The molecule has 0 aliphatic heterocycles. The van der Waals surface area contributed by atoms with Crippen molar-refractivity contribution in [2.75, 3.05) is 0 Å². The van der Waals surface area contributed by atoms with Crippen LogP contribution in [0.4, 0.5) is 0 Å². The quantitative estimate of drug-likeness (QED) is 0.467. The van der Waals surface area contributed by atoms with Crippen LogP contribution in [0, 0.1) is 0 Å². The molecule has 0 saturated carbocycles. The largest absolute Gasteiger partial charge is 0.513 e. The Hall–Kier alpha value is -0.210. The van der Waals surface area contributed by atoms with Crippen molar-refractivity contribution in [1.29, 1.82) is 0 Å².